The first-order chi connectivity index (χ1) is 11.9. The van der Waals surface area contributed by atoms with Crippen LogP contribution in [-0.2, 0) is 11.8 Å². The summed E-state index contributed by atoms with van der Waals surface area (Å²) >= 11 is 3.28. The lowest BCUT2D eigenvalue weighted by Gasteiger charge is -2.37. The van der Waals surface area contributed by atoms with Gasteiger partial charge in [0.2, 0.25) is 5.91 Å². The molecule has 1 saturated heterocycles. The Hall–Kier alpha value is -2.19. The van der Waals surface area contributed by atoms with Gasteiger partial charge in [-0.1, -0.05) is 12.1 Å². The van der Waals surface area contributed by atoms with E-state index in [0.717, 1.165) is 24.3 Å². The van der Waals surface area contributed by atoms with E-state index in [4.69, 9.17) is 0 Å². The zero-order valence-electron chi connectivity index (χ0n) is 14.4. The van der Waals surface area contributed by atoms with Crippen LogP contribution < -0.4 is 10.9 Å². The van der Waals surface area contributed by atoms with E-state index in [1.165, 1.54) is 4.57 Å². The predicted molar refractivity (Wildman–Crippen MR) is 99.9 cm³/mol. The molecule has 0 aliphatic carbocycles. The molecule has 132 valence electrons. The molecule has 25 heavy (non-hydrogen) atoms. The van der Waals surface area contributed by atoms with Crippen LogP contribution in [0.5, 0.6) is 0 Å². The van der Waals surface area contributed by atoms with E-state index in [-0.39, 0.29) is 23.3 Å². The number of likely N-dealkylation sites (N-methyl/N-ethyl adjacent to an activating group) is 2. The van der Waals surface area contributed by atoms with E-state index in [1.807, 2.05) is 38.4 Å². The lowest BCUT2D eigenvalue weighted by Crippen LogP contribution is -2.48. The van der Waals surface area contributed by atoms with Crippen LogP contribution in [0, 0.1) is 0 Å². The van der Waals surface area contributed by atoms with E-state index in [9.17, 15) is 9.59 Å². The number of amides is 1. The van der Waals surface area contributed by atoms with Crippen LogP contribution in [0.2, 0.25) is 0 Å². The van der Waals surface area contributed by atoms with Crippen LogP contribution in [0.15, 0.2) is 39.9 Å². The number of hydrogen-bond donors (Lipinski definition) is 1. The quantitative estimate of drug-likeness (QED) is 0.841. The summed E-state index contributed by atoms with van der Waals surface area (Å²) in [5, 5.41) is 3.03. The Balaban J connectivity index is 1.83. The summed E-state index contributed by atoms with van der Waals surface area (Å²) in [6.45, 7) is 1.58. The maximum absolute atomic E-state index is 12.4. The molecule has 0 saturated carbocycles. The van der Waals surface area contributed by atoms with Crippen molar-refractivity contribution in [2.45, 2.75) is 6.04 Å². The molecule has 1 fully saturated rings. The maximum atomic E-state index is 12.4. The second-order valence-electron chi connectivity index (χ2n) is 6.22. The summed E-state index contributed by atoms with van der Waals surface area (Å²) in [6.07, 6.45) is 1.61. The summed E-state index contributed by atoms with van der Waals surface area (Å²) < 4.78 is 2.03. The molecule has 1 unspecified atom stereocenters. The Bertz CT molecular complexity index is 849. The number of aryl methyl sites for hydroxylation is 1. The highest BCUT2D eigenvalue weighted by molar-refractivity contribution is 9.10. The zero-order valence-corrected chi connectivity index (χ0v) is 15.9. The number of carbonyl (C=O) groups excluding carboxylic acids is 1. The summed E-state index contributed by atoms with van der Waals surface area (Å²) in [5.41, 5.74) is 1.46. The standard InChI is InChI=1S/C17H20BrN5O2/c1-21-8-9-22(2)16(24)14(21)11-4-6-12(7-5-11)19-15-17(25)23(3)10-13(18)20-15/h4-7,10,14H,8-9H2,1-3H3,(H,19,20). The lowest BCUT2D eigenvalue weighted by atomic mass is 10.0. The van der Waals surface area contributed by atoms with Gasteiger partial charge in [-0.05, 0) is 40.7 Å². The molecular formula is C17H20BrN5O2. The van der Waals surface area contributed by atoms with Gasteiger partial charge in [0.05, 0.1) is 0 Å². The van der Waals surface area contributed by atoms with E-state index in [2.05, 4.69) is 31.1 Å². The van der Waals surface area contributed by atoms with Crippen LogP contribution in [0.1, 0.15) is 11.6 Å². The highest BCUT2D eigenvalue weighted by Crippen LogP contribution is 2.26. The fraction of sp³-hybridized carbons (Fsp3) is 0.353. The van der Waals surface area contributed by atoms with Crippen LogP contribution >= 0.6 is 15.9 Å². The first-order valence-corrected chi connectivity index (χ1v) is 8.71. The summed E-state index contributed by atoms with van der Waals surface area (Å²) in [7, 11) is 5.45. The van der Waals surface area contributed by atoms with Crippen molar-refractivity contribution in [3.05, 3.63) is 51.0 Å². The van der Waals surface area contributed by atoms with Crippen molar-refractivity contribution in [1.82, 2.24) is 19.4 Å². The first kappa shape index (κ1) is 17.6. The van der Waals surface area contributed by atoms with Crippen molar-refractivity contribution >= 4 is 33.3 Å². The number of carbonyl (C=O) groups is 1. The summed E-state index contributed by atoms with van der Waals surface area (Å²) in [5.74, 6) is 0.340. The highest BCUT2D eigenvalue weighted by atomic mass is 79.9. The van der Waals surface area contributed by atoms with Gasteiger partial charge < -0.3 is 14.8 Å². The molecule has 1 amide bonds. The van der Waals surface area contributed by atoms with Crippen molar-refractivity contribution < 1.29 is 4.79 Å². The molecule has 2 aromatic rings. The molecule has 0 spiro atoms. The minimum atomic E-state index is -0.273. The van der Waals surface area contributed by atoms with Gasteiger partial charge in [-0.15, -0.1) is 0 Å². The third-order valence-corrected chi connectivity index (χ3v) is 4.75. The average molecular weight is 406 g/mol. The minimum absolute atomic E-state index is 0.0944. The SMILES string of the molecule is CN1CCN(C)C(c2ccc(Nc3nc(Br)cn(C)c3=O)cc2)C1=O. The fourth-order valence-electron chi connectivity index (χ4n) is 2.88. The van der Waals surface area contributed by atoms with E-state index in [0.29, 0.717) is 4.60 Å². The van der Waals surface area contributed by atoms with Gasteiger partial charge in [-0.2, -0.15) is 0 Å². The molecule has 1 atom stereocenters. The average Bonchev–Trinajstić information content (AvgIpc) is 2.57. The third-order valence-electron chi connectivity index (χ3n) is 4.37. The Labute approximate surface area is 154 Å². The van der Waals surface area contributed by atoms with Gasteiger partial charge in [0.15, 0.2) is 5.82 Å². The number of aromatic nitrogens is 2. The van der Waals surface area contributed by atoms with Crippen molar-refractivity contribution in [1.29, 1.82) is 0 Å². The number of nitrogens with one attached hydrogen (secondary N) is 1. The predicted octanol–water partition coefficient (Wildman–Crippen LogP) is 1.73. The van der Waals surface area contributed by atoms with Gasteiger partial charge >= 0.3 is 0 Å². The molecule has 3 rings (SSSR count). The number of piperazine rings is 1. The molecule has 1 aromatic carbocycles. The number of benzene rings is 1. The number of anilines is 2. The minimum Gasteiger partial charge on any atom is -0.343 e. The Kier molecular flexibility index (Phi) is 4.91. The molecular weight excluding hydrogens is 386 g/mol. The van der Waals surface area contributed by atoms with Gasteiger partial charge in [-0.25, -0.2) is 4.98 Å². The second-order valence-corrected chi connectivity index (χ2v) is 7.03. The summed E-state index contributed by atoms with van der Waals surface area (Å²) in [4.78, 5) is 32.5. The summed E-state index contributed by atoms with van der Waals surface area (Å²) in [6, 6.07) is 7.25. The second kappa shape index (κ2) is 6.97. The highest BCUT2D eigenvalue weighted by Gasteiger charge is 2.31. The molecule has 0 bridgehead atoms. The molecule has 1 aliphatic heterocycles. The van der Waals surface area contributed by atoms with Crippen molar-refractivity contribution in [3.8, 4) is 0 Å². The normalized spacial score (nSPS) is 18.5. The van der Waals surface area contributed by atoms with Crippen LogP contribution in [0.4, 0.5) is 11.5 Å². The number of hydrogen-bond acceptors (Lipinski definition) is 5. The smallest absolute Gasteiger partial charge is 0.293 e. The van der Waals surface area contributed by atoms with Gasteiger partial charge in [0.25, 0.3) is 5.56 Å². The van der Waals surface area contributed by atoms with Crippen LogP contribution in [0.3, 0.4) is 0 Å². The van der Waals surface area contributed by atoms with Crippen molar-refractivity contribution in [2.24, 2.45) is 7.05 Å². The van der Waals surface area contributed by atoms with E-state index >= 15 is 0 Å². The lowest BCUT2D eigenvalue weighted by molar-refractivity contribution is -0.139. The Morgan fingerprint density at radius 1 is 1.12 bits per heavy atom. The molecule has 7 nitrogen and oxygen atoms in total. The maximum Gasteiger partial charge on any atom is 0.293 e. The van der Waals surface area contributed by atoms with Gasteiger partial charge in [0, 0.05) is 39.1 Å². The topological polar surface area (TPSA) is 70.5 Å². The van der Waals surface area contributed by atoms with E-state index in [1.54, 1.807) is 18.1 Å². The Morgan fingerprint density at radius 2 is 1.80 bits per heavy atom. The molecule has 2 heterocycles. The molecule has 1 aromatic heterocycles. The molecule has 1 N–H and O–H groups in total. The zero-order chi connectivity index (χ0) is 18.1. The molecule has 0 radical (unpaired) electrons. The number of halogens is 1. The molecule has 8 heteroatoms. The molecule has 1 aliphatic rings. The largest absolute Gasteiger partial charge is 0.343 e. The van der Waals surface area contributed by atoms with Crippen LogP contribution in [-0.4, -0.2) is 52.4 Å². The van der Waals surface area contributed by atoms with Crippen LogP contribution in [0.25, 0.3) is 0 Å². The van der Waals surface area contributed by atoms with Crippen molar-refractivity contribution in [2.75, 3.05) is 32.5 Å². The monoisotopic (exact) mass is 405 g/mol. The third kappa shape index (κ3) is 3.59. The van der Waals surface area contributed by atoms with Gasteiger partial charge in [0.1, 0.15) is 10.6 Å². The van der Waals surface area contributed by atoms with E-state index < -0.39 is 0 Å². The first-order valence-electron chi connectivity index (χ1n) is 7.92. The van der Waals surface area contributed by atoms with Gasteiger partial charge in [-0.3, -0.25) is 14.5 Å². The number of rotatable bonds is 3. The van der Waals surface area contributed by atoms with Crippen molar-refractivity contribution in [3.63, 3.8) is 0 Å². The fourth-order valence-corrected chi connectivity index (χ4v) is 3.36. The number of nitrogens with zero attached hydrogens (tertiary/aromatic N) is 4. The Morgan fingerprint density at radius 3 is 2.48 bits per heavy atom.